The highest BCUT2D eigenvalue weighted by Crippen LogP contribution is 2.48. The van der Waals surface area contributed by atoms with Crippen molar-refractivity contribution < 1.29 is 38.5 Å². The van der Waals surface area contributed by atoms with Crippen molar-refractivity contribution >= 4 is 7.60 Å². The molecule has 8 nitrogen and oxygen atoms in total. The van der Waals surface area contributed by atoms with Crippen molar-refractivity contribution in [3.63, 3.8) is 0 Å². The normalized spacial score (nSPS) is 15.6. The van der Waals surface area contributed by atoms with Gasteiger partial charge in [-0.15, -0.1) is 0 Å². The number of unbranched alkanes of at least 4 members (excludes halogenated alkanes) is 13. The van der Waals surface area contributed by atoms with Gasteiger partial charge in [-0.05, 0) is 57.8 Å². The summed E-state index contributed by atoms with van der Waals surface area (Å²) in [6.07, 6.45) is 26.9. The molecule has 0 aliphatic carbocycles. The number of hydrogen-bond acceptors (Lipinski definition) is 7. The van der Waals surface area contributed by atoms with Crippen LogP contribution in [0.15, 0.2) is 24.3 Å². The van der Waals surface area contributed by atoms with Gasteiger partial charge in [0.2, 0.25) is 0 Å². The summed E-state index contributed by atoms with van der Waals surface area (Å²) in [6, 6.07) is 0. The van der Waals surface area contributed by atoms with E-state index in [1.165, 1.54) is 89.9 Å². The molecule has 0 aromatic heterocycles. The van der Waals surface area contributed by atoms with Crippen molar-refractivity contribution in [3.8, 4) is 0 Å². The van der Waals surface area contributed by atoms with Gasteiger partial charge in [0.05, 0.1) is 33.9 Å². The maximum Gasteiger partial charge on any atom is 0.193 e. The summed E-state index contributed by atoms with van der Waals surface area (Å²) in [4.78, 5) is 12.7. The van der Waals surface area contributed by atoms with E-state index in [0.29, 0.717) is 13.0 Å². The average Bonchev–Trinajstić information content (AvgIpc) is 2.93. The van der Waals surface area contributed by atoms with E-state index in [1.807, 2.05) is 0 Å². The molecule has 0 aromatic rings. The Balaban J connectivity index is 3.70. The third-order valence-electron chi connectivity index (χ3n) is 7.72. The number of allylic oxidation sites excluding steroid dienone is 4. The molecular formula is C33H66NO7P. The Labute approximate surface area is 258 Å². The Morgan fingerprint density at radius 2 is 1.21 bits per heavy atom. The minimum absolute atomic E-state index is 0.0371. The molecular weight excluding hydrogens is 553 g/mol. The first kappa shape index (κ1) is 41.4. The number of rotatable bonds is 30. The van der Waals surface area contributed by atoms with Crippen LogP contribution in [0, 0.1) is 0 Å². The molecule has 0 aliphatic heterocycles. The smallest absolute Gasteiger partial charge is 0.193 e. The third kappa shape index (κ3) is 23.8. The second-order valence-corrected chi connectivity index (χ2v) is 14.1. The highest BCUT2D eigenvalue weighted by Gasteiger charge is 2.37. The van der Waals surface area contributed by atoms with Crippen molar-refractivity contribution in [3.05, 3.63) is 24.3 Å². The summed E-state index contributed by atoms with van der Waals surface area (Å²) in [5.74, 6) is -0.840. The van der Waals surface area contributed by atoms with E-state index in [0.717, 1.165) is 12.8 Å². The predicted molar refractivity (Wildman–Crippen MR) is 172 cm³/mol. The topological polar surface area (TPSA) is 119 Å². The van der Waals surface area contributed by atoms with E-state index in [1.54, 1.807) is 21.0 Å². The molecule has 0 saturated carbocycles. The first-order chi connectivity index (χ1) is 20.1. The molecule has 0 aliphatic rings. The lowest BCUT2D eigenvalue weighted by Crippen LogP contribution is -2.51. The lowest BCUT2D eigenvalue weighted by atomic mass is 10.1. The zero-order valence-corrected chi connectivity index (χ0v) is 28.4. The van der Waals surface area contributed by atoms with Crippen LogP contribution in [0.3, 0.4) is 0 Å². The molecule has 3 atom stereocenters. The molecule has 0 radical (unpaired) electrons. The highest BCUT2D eigenvalue weighted by atomic mass is 31.2. The number of ether oxygens (including phenoxy) is 1. The Kier molecular flexibility index (Phi) is 26.4. The summed E-state index contributed by atoms with van der Waals surface area (Å²) in [5, 5.41) is 28.4. The Bertz CT molecular complexity index is 715. The van der Waals surface area contributed by atoms with Crippen LogP contribution in [0.2, 0.25) is 0 Å². The van der Waals surface area contributed by atoms with Gasteiger partial charge in [0, 0.05) is 19.4 Å². The van der Waals surface area contributed by atoms with Gasteiger partial charge in [-0.3, -0.25) is 0 Å². The molecule has 0 heterocycles. The van der Waals surface area contributed by atoms with Crippen LogP contribution in [0.5, 0.6) is 0 Å². The molecule has 0 spiro atoms. The highest BCUT2D eigenvalue weighted by molar-refractivity contribution is 7.51. The minimum atomic E-state index is -4.28. The van der Waals surface area contributed by atoms with Crippen LogP contribution < -0.4 is 4.89 Å². The molecule has 0 amide bonds. The zero-order chi connectivity index (χ0) is 31.5. The maximum atomic E-state index is 12.7. The van der Waals surface area contributed by atoms with Crippen LogP contribution in [0.1, 0.15) is 129 Å². The largest absolute Gasteiger partial charge is 0.774 e. The lowest BCUT2D eigenvalue weighted by Gasteiger charge is -2.43. The quantitative estimate of drug-likeness (QED) is 0.0265. The maximum absolute atomic E-state index is 12.7. The number of aliphatic hydroxyl groups excluding tert-OH is 2. The SMILES string of the molecule is CCCCC/C=C\CCCC/C=C\CCCCCCCCCOC[C@@H](O)COP(=O)([O-])C(CC)[N+](C)(C)CCC(O)O. The third-order valence-corrected chi connectivity index (χ3v) is 9.95. The van der Waals surface area contributed by atoms with Gasteiger partial charge < -0.3 is 38.5 Å². The molecule has 2 unspecified atom stereocenters. The van der Waals surface area contributed by atoms with Crippen molar-refractivity contribution in [1.82, 2.24) is 0 Å². The van der Waals surface area contributed by atoms with Crippen molar-refractivity contribution in [2.75, 3.05) is 40.5 Å². The van der Waals surface area contributed by atoms with Gasteiger partial charge in [-0.25, -0.2) is 0 Å². The molecule has 3 N–H and O–H groups in total. The van der Waals surface area contributed by atoms with Crippen LogP contribution >= 0.6 is 7.60 Å². The summed E-state index contributed by atoms with van der Waals surface area (Å²) in [7, 11) is -0.837. The molecule has 9 heteroatoms. The fourth-order valence-corrected chi connectivity index (χ4v) is 6.98. The summed E-state index contributed by atoms with van der Waals surface area (Å²) in [6.45, 7) is 4.51. The molecule has 42 heavy (non-hydrogen) atoms. The fourth-order valence-electron chi connectivity index (χ4n) is 5.10. The van der Waals surface area contributed by atoms with Crippen LogP contribution in [-0.4, -0.2) is 78.4 Å². The Morgan fingerprint density at radius 1 is 0.738 bits per heavy atom. The van der Waals surface area contributed by atoms with Gasteiger partial charge in [0.15, 0.2) is 19.7 Å². The van der Waals surface area contributed by atoms with E-state index in [-0.39, 0.29) is 30.7 Å². The van der Waals surface area contributed by atoms with Crippen LogP contribution in [-0.2, 0) is 13.8 Å². The summed E-state index contributed by atoms with van der Waals surface area (Å²) < 4.78 is 23.5. The fraction of sp³-hybridized carbons (Fsp3) is 0.879. The zero-order valence-electron chi connectivity index (χ0n) is 27.5. The van der Waals surface area contributed by atoms with E-state index in [4.69, 9.17) is 19.5 Å². The second kappa shape index (κ2) is 26.8. The minimum Gasteiger partial charge on any atom is -0.774 e. The van der Waals surface area contributed by atoms with Crippen molar-refractivity contribution in [2.24, 2.45) is 0 Å². The first-order valence-corrected chi connectivity index (χ1v) is 18.4. The molecule has 0 saturated heterocycles. The van der Waals surface area contributed by atoms with Gasteiger partial charge in [-0.1, -0.05) is 83.1 Å². The first-order valence-electron chi connectivity index (χ1n) is 16.8. The standard InChI is InChI=1S/C33H66NO7P/c1-5-7-8-9-10-11-12-13-14-15-16-17-18-19-20-21-22-23-24-25-28-40-29-31(35)30-41-42(38,39)32(6-2)34(3,4)27-26-33(36)37/h10-11,16-17,31-33,35-37H,5-9,12-15,18-30H2,1-4H3/b11-10-,17-16-/t31-,32?/m1/s1. The Morgan fingerprint density at radius 3 is 1.71 bits per heavy atom. The van der Waals surface area contributed by atoms with Crippen molar-refractivity contribution in [2.45, 2.75) is 148 Å². The van der Waals surface area contributed by atoms with Crippen molar-refractivity contribution in [1.29, 1.82) is 0 Å². The molecule has 0 aromatic carbocycles. The molecule has 0 bridgehead atoms. The monoisotopic (exact) mass is 619 g/mol. The van der Waals surface area contributed by atoms with E-state index >= 15 is 0 Å². The second-order valence-electron chi connectivity index (χ2n) is 12.2. The number of hydrogen-bond donors (Lipinski definition) is 3. The average molecular weight is 620 g/mol. The van der Waals surface area contributed by atoms with Gasteiger partial charge in [-0.2, -0.15) is 0 Å². The molecule has 0 rings (SSSR count). The molecule has 0 fully saturated rings. The number of quaternary nitrogens is 1. The predicted octanol–water partition coefficient (Wildman–Crippen LogP) is 6.82. The van der Waals surface area contributed by atoms with Gasteiger partial charge in [0.25, 0.3) is 0 Å². The summed E-state index contributed by atoms with van der Waals surface area (Å²) >= 11 is 0. The van der Waals surface area contributed by atoms with E-state index < -0.39 is 25.8 Å². The van der Waals surface area contributed by atoms with E-state index in [9.17, 15) is 14.6 Å². The van der Waals surface area contributed by atoms with Gasteiger partial charge >= 0.3 is 0 Å². The van der Waals surface area contributed by atoms with Crippen LogP contribution in [0.25, 0.3) is 0 Å². The summed E-state index contributed by atoms with van der Waals surface area (Å²) in [5.41, 5.74) is 0. The molecule has 250 valence electrons. The van der Waals surface area contributed by atoms with E-state index in [2.05, 4.69) is 31.2 Å². The number of aliphatic hydroxyl groups is 3. The van der Waals surface area contributed by atoms with Gasteiger partial charge in [0.1, 0.15) is 6.10 Å². The number of nitrogens with zero attached hydrogens (tertiary/aromatic N) is 1. The lowest BCUT2D eigenvalue weighted by molar-refractivity contribution is -0.904. The Hall–Kier alpha value is -0.570. The van der Waals surface area contributed by atoms with Crippen LogP contribution in [0.4, 0.5) is 0 Å².